The van der Waals surface area contributed by atoms with Crippen molar-refractivity contribution in [3.8, 4) is 0 Å². The van der Waals surface area contributed by atoms with Crippen LogP contribution in [0.3, 0.4) is 0 Å². The molecule has 0 bridgehead atoms. The smallest absolute Gasteiger partial charge is 0.222 e. The Hall–Kier alpha value is -1.92. The van der Waals surface area contributed by atoms with Crippen molar-refractivity contribution < 1.29 is 9.59 Å². The molecule has 1 fully saturated rings. The second-order valence-corrected chi connectivity index (χ2v) is 7.70. The maximum atomic E-state index is 12.3. The van der Waals surface area contributed by atoms with E-state index in [2.05, 4.69) is 27.4 Å². The summed E-state index contributed by atoms with van der Waals surface area (Å²) in [4.78, 5) is 28.8. The average molecular weight is 389 g/mol. The molecule has 1 aromatic rings. The van der Waals surface area contributed by atoms with Crippen LogP contribution in [0.25, 0.3) is 0 Å². The number of nitrogens with zero attached hydrogens (tertiary/aromatic N) is 2. The van der Waals surface area contributed by atoms with Crippen molar-refractivity contribution in [3.05, 3.63) is 35.4 Å². The number of carbonyl (C=O) groups is 2. The summed E-state index contributed by atoms with van der Waals surface area (Å²) in [6, 6.07) is 7.67. The highest BCUT2D eigenvalue weighted by Gasteiger charge is 2.17. The monoisotopic (exact) mass is 388 g/mol. The van der Waals surface area contributed by atoms with Gasteiger partial charge in [-0.25, -0.2) is 0 Å². The third-order valence-corrected chi connectivity index (χ3v) is 5.38. The lowest BCUT2D eigenvalue weighted by molar-refractivity contribution is -0.122. The van der Waals surface area contributed by atoms with Crippen LogP contribution in [0, 0.1) is 6.92 Å². The Morgan fingerprint density at radius 2 is 1.68 bits per heavy atom. The predicted molar refractivity (Wildman–Crippen MR) is 113 cm³/mol. The number of rotatable bonds is 10. The Bertz CT molecular complexity index is 609. The second kappa shape index (κ2) is 11.8. The molecule has 2 amide bonds. The van der Waals surface area contributed by atoms with E-state index in [-0.39, 0.29) is 24.3 Å². The molecule has 1 saturated heterocycles. The highest BCUT2D eigenvalue weighted by atomic mass is 16.2. The van der Waals surface area contributed by atoms with Crippen molar-refractivity contribution >= 4 is 11.8 Å². The molecule has 28 heavy (non-hydrogen) atoms. The van der Waals surface area contributed by atoms with Crippen LogP contribution < -0.4 is 10.6 Å². The number of hydrogen-bond acceptors (Lipinski definition) is 4. The van der Waals surface area contributed by atoms with Crippen LogP contribution in [-0.2, 0) is 9.59 Å². The molecule has 1 aliphatic rings. The van der Waals surface area contributed by atoms with Gasteiger partial charge in [0.05, 0.1) is 12.5 Å². The standard InChI is InChI=1S/C22H36N4O2/c1-4-25-13-15-26(16-14-25)12-6-5-11-23-22(28)17-21(24-19(3)27)20-9-7-18(2)8-10-20/h7-10,21H,4-6,11-17H2,1-3H3,(H,23,28)(H,24,27). The van der Waals surface area contributed by atoms with E-state index in [1.54, 1.807) is 0 Å². The van der Waals surface area contributed by atoms with Crippen molar-refractivity contribution in [1.82, 2.24) is 20.4 Å². The summed E-state index contributed by atoms with van der Waals surface area (Å²) in [5, 5.41) is 5.89. The zero-order valence-electron chi connectivity index (χ0n) is 17.7. The molecule has 0 radical (unpaired) electrons. The van der Waals surface area contributed by atoms with Crippen molar-refractivity contribution in [2.24, 2.45) is 0 Å². The number of nitrogens with one attached hydrogen (secondary N) is 2. The van der Waals surface area contributed by atoms with E-state index in [1.165, 1.54) is 6.92 Å². The topological polar surface area (TPSA) is 64.7 Å². The van der Waals surface area contributed by atoms with Crippen molar-refractivity contribution in [2.75, 3.05) is 45.8 Å². The zero-order chi connectivity index (χ0) is 20.4. The summed E-state index contributed by atoms with van der Waals surface area (Å²) in [7, 11) is 0. The van der Waals surface area contributed by atoms with Gasteiger partial charge in [0.1, 0.15) is 0 Å². The minimum Gasteiger partial charge on any atom is -0.356 e. The molecule has 1 aromatic carbocycles. The number of amides is 2. The molecule has 0 saturated carbocycles. The normalized spacial score (nSPS) is 16.5. The van der Waals surface area contributed by atoms with E-state index < -0.39 is 0 Å². The summed E-state index contributed by atoms with van der Waals surface area (Å²) < 4.78 is 0. The predicted octanol–water partition coefficient (Wildman–Crippen LogP) is 2.10. The van der Waals surface area contributed by atoms with Crippen molar-refractivity contribution in [3.63, 3.8) is 0 Å². The van der Waals surface area contributed by atoms with Crippen LogP contribution in [0.2, 0.25) is 0 Å². The molecule has 6 nitrogen and oxygen atoms in total. The first kappa shape index (κ1) is 22.4. The van der Waals surface area contributed by atoms with Crippen LogP contribution >= 0.6 is 0 Å². The molecule has 156 valence electrons. The summed E-state index contributed by atoms with van der Waals surface area (Å²) in [6.45, 7) is 13.3. The first-order chi connectivity index (χ1) is 13.5. The molecule has 6 heteroatoms. The molecule has 1 heterocycles. The molecule has 1 unspecified atom stereocenters. The summed E-state index contributed by atoms with van der Waals surface area (Å²) in [5.74, 6) is -0.141. The van der Waals surface area contributed by atoms with Crippen LogP contribution in [0.4, 0.5) is 0 Å². The maximum absolute atomic E-state index is 12.3. The van der Waals surface area contributed by atoms with E-state index >= 15 is 0 Å². The SMILES string of the molecule is CCN1CCN(CCCCNC(=O)CC(NC(C)=O)c2ccc(C)cc2)CC1. The Kier molecular flexibility index (Phi) is 9.44. The number of piperazine rings is 1. The van der Waals surface area contributed by atoms with Crippen LogP contribution in [-0.4, -0.2) is 67.4 Å². The van der Waals surface area contributed by atoms with Gasteiger partial charge >= 0.3 is 0 Å². The number of hydrogen-bond donors (Lipinski definition) is 2. The Labute approximate surface area is 169 Å². The fourth-order valence-electron chi connectivity index (χ4n) is 3.57. The number of aryl methyl sites for hydroxylation is 1. The highest BCUT2D eigenvalue weighted by molar-refractivity contribution is 5.79. The van der Waals surface area contributed by atoms with Crippen molar-refractivity contribution in [2.45, 2.75) is 46.1 Å². The lowest BCUT2D eigenvalue weighted by atomic mass is 10.0. The molecular weight excluding hydrogens is 352 g/mol. The first-order valence-corrected chi connectivity index (χ1v) is 10.5. The molecule has 2 rings (SSSR count). The van der Waals surface area contributed by atoms with E-state index in [0.29, 0.717) is 6.54 Å². The molecule has 2 N–H and O–H groups in total. The number of carbonyl (C=O) groups excluding carboxylic acids is 2. The fraction of sp³-hybridized carbons (Fsp3) is 0.636. The lowest BCUT2D eigenvalue weighted by Gasteiger charge is -2.33. The van der Waals surface area contributed by atoms with Gasteiger partial charge < -0.3 is 20.4 Å². The lowest BCUT2D eigenvalue weighted by Crippen LogP contribution is -2.46. The minimum absolute atomic E-state index is 0.0177. The molecule has 1 aliphatic heterocycles. The Balaban J connectivity index is 1.67. The van der Waals surface area contributed by atoms with Gasteiger partial charge in [0.15, 0.2) is 0 Å². The molecule has 0 aromatic heterocycles. The maximum Gasteiger partial charge on any atom is 0.222 e. The highest BCUT2D eigenvalue weighted by Crippen LogP contribution is 2.17. The van der Waals surface area contributed by atoms with Gasteiger partial charge in [-0.05, 0) is 38.4 Å². The van der Waals surface area contributed by atoms with Gasteiger partial charge in [0.2, 0.25) is 11.8 Å². The number of benzene rings is 1. The summed E-state index contributed by atoms with van der Waals surface area (Å²) >= 11 is 0. The van der Waals surface area contributed by atoms with E-state index in [9.17, 15) is 9.59 Å². The molecule has 0 spiro atoms. The largest absolute Gasteiger partial charge is 0.356 e. The fourth-order valence-corrected chi connectivity index (χ4v) is 3.57. The van der Waals surface area contributed by atoms with Gasteiger partial charge in [-0.3, -0.25) is 9.59 Å². The van der Waals surface area contributed by atoms with E-state index in [1.807, 2.05) is 31.2 Å². The van der Waals surface area contributed by atoms with Crippen LogP contribution in [0.5, 0.6) is 0 Å². The Morgan fingerprint density at radius 1 is 1.04 bits per heavy atom. The number of likely N-dealkylation sites (N-methyl/N-ethyl adjacent to an activating group) is 1. The van der Waals surface area contributed by atoms with E-state index in [0.717, 1.165) is 63.2 Å². The summed E-state index contributed by atoms with van der Waals surface area (Å²) in [6.07, 6.45) is 2.34. The first-order valence-electron chi connectivity index (χ1n) is 10.5. The quantitative estimate of drug-likeness (QED) is 0.603. The van der Waals surface area contributed by atoms with Gasteiger partial charge in [-0.1, -0.05) is 36.8 Å². The van der Waals surface area contributed by atoms with Crippen LogP contribution in [0.1, 0.15) is 50.3 Å². The van der Waals surface area contributed by atoms with Gasteiger partial charge in [0.25, 0.3) is 0 Å². The third kappa shape index (κ3) is 7.98. The average Bonchev–Trinajstić information content (AvgIpc) is 2.68. The van der Waals surface area contributed by atoms with Gasteiger partial charge in [-0.15, -0.1) is 0 Å². The third-order valence-electron chi connectivity index (χ3n) is 5.38. The van der Waals surface area contributed by atoms with Gasteiger partial charge in [0, 0.05) is 39.6 Å². The molecule has 1 atom stereocenters. The summed E-state index contributed by atoms with van der Waals surface area (Å²) in [5.41, 5.74) is 2.12. The van der Waals surface area contributed by atoms with Gasteiger partial charge in [-0.2, -0.15) is 0 Å². The van der Waals surface area contributed by atoms with E-state index in [4.69, 9.17) is 0 Å². The van der Waals surface area contributed by atoms with Crippen LogP contribution in [0.15, 0.2) is 24.3 Å². The molecule has 0 aliphatic carbocycles. The number of unbranched alkanes of at least 4 members (excludes halogenated alkanes) is 1. The minimum atomic E-state index is -0.284. The zero-order valence-corrected chi connectivity index (χ0v) is 17.7. The second-order valence-electron chi connectivity index (χ2n) is 7.70. The van der Waals surface area contributed by atoms with Crippen molar-refractivity contribution in [1.29, 1.82) is 0 Å². The Morgan fingerprint density at radius 3 is 2.29 bits per heavy atom. The molecular formula is C22H36N4O2.